The van der Waals surface area contributed by atoms with E-state index in [4.69, 9.17) is 18.9 Å². The maximum Gasteiger partial charge on any atom is 0.338 e. The van der Waals surface area contributed by atoms with Crippen LogP contribution in [0.3, 0.4) is 0 Å². The van der Waals surface area contributed by atoms with Gasteiger partial charge < -0.3 is 18.9 Å². The van der Waals surface area contributed by atoms with Crippen molar-refractivity contribution in [3.05, 3.63) is 12.7 Å². The van der Waals surface area contributed by atoms with Gasteiger partial charge in [0.15, 0.2) is 12.2 Å². The first-order valence-corrected chi connectivity index (χ1v) is 7.29. The third kappa shape index (κ3) is 7.82. The lowest BCUT2D eigenvalue weighted by molar-refractivity contribution is -0.182. The van der Waals surface area contributed by atoms with Crippen molar-refractivity contribution in [1.82, 2.24) is 0 Å². The molecule has 0 rings (SSSR count). The third-order valence-corrected chi connectivity index (χ3v) is 2.50. The van der Waals surface area contributed by atoms with Crippen molar-refractivity contribution in [1.29, 1.82) is 0 Å². The maximum atomic E-state index is 12.0. The van der Waals surface area contributed by atoms with E-state index in [1.807, 2.05) is 6.92 Å². The van der Waals surface area contributed by atoms with Gasteiger partial charge >= 0.3 is 11.9 Å². The van der Waals surface area contributed by atoms with Gasteiger partial charge in [-0.1, -0.05) is 19.4 Å². The standard InChI is InChI=1S/C15H26O6/c1-5-9-11-21-13(15(17)19-8-4)12(20-10-6-2)14(16)18-7-3/h6,12-13H,2,5,7-11H2,1,3-4H3/t12-,13-/m1/s1. The normalized spacial score (nSPS) is 13.3. The molecule has 0 radical (unpaired) electrons. The van der Waals surface area contributed by atoms with Crippen LogP contribution >= 0.6 is 0 Å². The lowest BCUT2D eigenvalue weighted by Gasteiger charge is -2.24. The van der Waals surface area contributed by atoms with Crippen molar-refractivity contribution in [2.24, 2.45) is 0 Å². The molecule has 0 aliphatic rings. The second-order valence-corrected chi connectivity index (χ2v) is 4.19. The molecule has 0 spiro atoms. The molecule has 0 aliphatic heterocycles. The van der Waals surface area contributed by atoms with E-state index < -0.39 is 24.1 Å². The van der Waals surface area contributed by atoms with Crippen LogP contribution in [-0.2, 0) is 28.5 Å². The number of carbonyl (C=O) groups excluding carboxylic acids is 2. The summed E-state index contributed by atoms with van der Waals surface area (Å²) in [7, 11) is 0. The predicted molar refractivity (Wildman–Crippen MR) is 77.9 cm³/mol. The minimum Gasteiger partial charge on any atom is -0.464 e. The summed E-state index contributed by atoms with van der Waals surface area (Å²) in [5.74, 6) is -1.27. The number of carbonyl (C=O) groups is 2. The van der Waals surface area contributed by atoms with Crippen molar-refractivity contribution in [2.45, 2.75) is 45.8 Å². The molecule has 6 nitrogen and oxygen atoms in total. The number of rotatable bonds is 12. The number of ether oxygens (including phenoxy) is 4. The van der Waals surface area contributed by atoms with Gasteiger partial charge in [0.2, 0.25) is 0 Å². The summed E-state index contributed by atoms with van der Waals surface area (Å²) in [6.45, 7) is 9.72. The van der Waals surface area contributed by atoms with Crippen LogP contribution < -0.4 is 0 Å². The highest BCUT2D eigenvalue weighted by atomic mass is 16.6. The van der Waals surface area contributed by atoms with Crippen molar-refractivity contribution in [3.8, 4) is 0 Å². The van der Waals surface area contributed by atoms with Crippen LogP contribution in [0.5, 0.6) is 0 Å². The van der Waals surface area contributed by atoms with Gasteiger partial charge in [0.1, 0.15) is 0 Å². The van der Waals surface area contributed by atoms with E-state index in [2.05, 4.69) is 6.58 Å². The minimum absolute atomic E-state index is 0.108. The number of unbranched alkanes of at least 4 members (excludes halogenated alkanes) is 1. The molecule has 0 aliphatic carbocycles. The van der Waals surface area contributed by atoms with Crippen LogP contribution in [0.25, 0.3) is 0 Å². The summed E-state index contributed by atoms with van der Waals surface area (Å²) < 4.78 is 20.7. The number of hydrogen-bond acceptors (Lipinski definition) is 6. The summed E-state index contributed by atoms with van der Waals surface area (Å²) in [5.41, 5.74) is 0. The van der Waals surface area contributed by atoms with Gasteiger partial charge in [-0.2, -0.15) is 0 Å². The highest BCUT2D eigenvalue weighted by Crippen LogP contribution is 2.11. The van der Waals surface area contributed by atoms with Crippen molar-refractivity contribution < 1.29 is 28.5 Å². The summed E-state index contributed by atoms with van der Waals surface area (Å²) in [6, 6.07) is 0. The Balaban J connectivity index is 4.97. The Morgan fingerprint density at radius 3 is 1.95 bits per heavy atom. The average Bonchev–Trinajstić information content (AvgIpc) is 2.46. The topological polar surface area (TPSA) is 71.1 Å². The molecule has 0 aromatic heterocycles. The molecule has 0 saturated heterocycles. The fraction of sp³-hybridized carbons (Fsp3) is 0.733. The molecule has 0 heterocycles. The molecule has 0 amide bonds. The molecule has 0 unspecified atom stereocenters. The molecule has 0 fully saturated rings. The number of esters is 2. The molecule has 2 atom stereocenters. The summed E-state index contributed by atoms with van der Waals surface area (Å²) >= 11 is 0. The maximum absolute atomic E-state index is 12.0. The quantitative estimate of drug-likeness (QED) is 0.311. The van der Waals surface area contributed by atoms with Crippen molar-refractivity contribution in [3.63, 3.8) is 0 Å². The van der Waals surface area contributed by atoms with E-state index in [1.54, 1.807) is 13.8 Å². The lowest BCUT2D eigenvalue weighted by Crippen LogP contribution is -2.45. The first-order valence-electron chi connectivity index (χ1n) is 7.29. The zero-order valence-electron chi connectivity index (χ0n) is 13.1. The predicted octanol–water partition coefficient (Wildman–Crippen LogP) is 1.87. The Hall–Kier alpha value is -1.40. The molecule has 6 heteroatoms. The molecule has 0 saturated carbocycles. The van der Waals surface area contributed by atoms with Gasteiger partial charge in [-0.05, 0) is 20.3 Å². The van der Waals surface area contributed by atoms with Gasteiger partial charge in [0.05, 0.1) is 19.8 Å². The van der Waals surface area contributed by atoms with E-state index in [-0.39, 0.29) is 19.8 Å². The zero-order chi connectivity index (χ0) is 16.1. The Morgan fingerprint density at radius 2 is 1.52 bits per heavy atom. The highest BCUT2D eigenvalue weighted by Gasteiger charge is 2.37. The Morgan fingerprint density at radius 1 is 1.00 bits per heavy atom. The average molecular weight is 302 g/mol. The monoisotopic (exact) mass is 302 g/mol. The van der Waals surface area contributed by atoms with Gasteiger partial charge in [-0.25, -0.2) is 9.59 Å². The van der Waals surface area contributed by atoms with E-state index in [1.165, 1.54) is 6.08 Å². The van der Waals surface area contributed by atoms with E-state index in [0.717, 1.165) is 12.8 Å². The largest absolute Gasteiger partial charge is 0.464 e. The summed E-state index contributed by atoms with van der Waals surface area (Å²) in [6.07, 6.45) is 0.884. The van der Waals surface area contributed by atoms with Crippen LogP contribution in [0, 0.1) is 0 Å². The van der Waals surface area contributed by atoms with Gasteiger partial charge in [-0.3, -0.25) is 0 Å². The zero-order valence-corrected chi connectivity index (χ0v) is 13.1. The van der Waals surface area contributed by atoms with Crippen LogP contribution in [0.15, 0.2) is 12.7 Å². The van der Waals surface area contributed by atoms with Crippen molar-refractivity contribution >= 4 is 11.9 Å². The van der Waals surface area contributed by atoms with Gasteiger partial charge in [-0.15, -0.1) is 6.58 Å². The van der Waals surface area contributed by atoms with Gasteiger partial charge in [0.25, 0.3) is 0 Å². The SMILES string of the molecule is C=CCO[C@@H](C(=O)OCC)[C@@H](OCCCC)C(=O)OCC. The molecule has 0 N–H and O–H groups in total. The fourth-order valence-electron chi connectivity index (χ4n) is 1.53. The highest BCUT2D eigenvalue weighted by molar-refractivity contribution is 5.85. The summed E-state index contributed by atoms with van der Waals surface area (Å²) in [5, 5.41) is 0. The fourth-order valence-corrected chi connectivity index (χ4v) is 1.53. The molecular formula is C15H26O6. The minimum atomic E-state index is -1.15. The second kappa shape index (κ2) is 12.3. The lowest BCUT2D eigenvalue weighted by atomic mass is 10.2. The Labute approximate surface area is 126 Å². The van der Waals surface area contributed by atoms with Crippen LogP contribution in [0.1, 0.15) is 33.6 Å². The summed E-state index contributed by atoms with van der Waals surface area (Å²) in [4.78, 5) is 24.0. The molecule has 0 aromatic carbocycles. The Kier molecular flexibility index (Phi) is 11.5. The van der Waals surface area contributed by atoms with Gasteiger partial charge in [0, 0.05) is 6.61 Å². The van der Waals surface area contributed by atoms with Crippen LogP contribution in [0.2, 0.25) is 0 Å². The van der Waals surface area contributed by atoms with E-state index >= 15 is 0 Å². The second-order valence-electron chi connectivity index (χ2n) is 4.19. The first-order chi connectivity index (χ1) is 10.1. The molecule has 0 bridgehead atoms. The Bertz CT molecular complexity index is 315. The van der Waals surface area contributed by atoms with Crippen LogP contribution in [-0.4, -0.2) is 50.6 Å². The first kappa shape index (κ1) is 19.6. The molecule has 21 heavy (non-hydrogen) atoms. The van der Waals surface area contributed by atoms with E-state index in [0.29, 0.717) is 6.61 Å². The smallest absolute Gasteiger partial charge is 0.338 e. The third-order valence-electron chi connectivity index (χ3n) is 2.50. The van der Waals surface area contributed by atoms with Crippen molar-refractivity contribution in [2.75, 3.05) is 26.4 Å². The number of hydrogen-bond donors (Lipinski definition) is 0. The van der Waals surface area contributed by atoms with Crippen LogP contribution in [0.4, 0.5) is 0 Å². The van der Waals surface area contributed by atoms with E-state index in [9.17, 15) is 9.59 Å². The molecular weight excluding hydrogens is 276 g/mol. The molecule has 122 valence electrons. The molecule has 0 aromatic rings.